The van der Waals surface area contributed by atoms with Gasteiger partial charge in [-0.05, 0) is 53.9 Å². The van der Waals surface area contributed by atoms with Crippen molar-refractivity contribution in [1.29, 1.82) is 0 Å². The van der Waals surface area contributed by atoms with Crippen LogP contribution in [0.1, 0.15) is 27.0 Å². The van der Waals surface area contributed by atoms with Crippen molar-refractivity contribution in [2.75, 3.05) is 28.1 Å². The highest BCUT2D eigenvalue weighted by Crippen LogP contribution is 2.44. The molecule has 1 aliphatic rings. The maximum atomic E-state index is 13.9. The van der Waals surface area contributed by atoms with E-state index in [0.29, 0.717) is 34.1 Å². The summed E-state index contributed by atoms with van der Waals surface area (Å²) in [6, 6.07) is 18.0. The van der Waals surface area contributed by atoms with E-state index in [9.17, 15) is 9.59 Å². The van der Waals surface area contributed by atoms with Crippen molar-refractivity contribution in [2.45, 2.75) is 13.3 Å². The average molecular weight is 475 g/mol. The number of methoxy groups -OCH3 is 3. The van der Waals surface area contributed by atoms with Crippen LogP contribution in [0.4, 0.5) is 0 Å². The Kier molecular flexibility index (Phi) is 7.06. The van der Waals surface area contributed by atoms with Gasteiger partial charge in [0.25, 0.3) is 0 Å². The molecule has 0 amide bonds. The minimum Gasteiger partial charge on any atom is -0.496 e. The molecule has 0 bridgehead atoms. The fourth-order valence-corrected chi connectivity index (χ4v) is 4.07. The topological polar surface area (TPSA) is 80.3 Å². The summed E-state index contributed by atoms with van der Waals surface area (Å²) >= 11 is 0. The van der Waals surface area contributed by atoms with Gasteiger partial charge in [-0.3, -0.25) is 4.79 Å². The lowest BCUT2D eigenvalue weighted by Gasteiger charge is -2.16. The number of carbonyl (C=O) groups excluding carboxylic acids is 2. The Balaban J connectivity index is 1.95. The zero-order chi connectivity index (χ0) is 24.9. The third-order valence-corrected chi connectivity index (χ3v) is 5.79. The Bertz CT molecular complexity index is 1290. The van der Waals surface area contributed by atoms with Crippen LogP contribution in [0.25, 0.3) is 5.57 Å². The summed E-state index contributed by atoms with van der Waals surface area (Å²) in [4.78, 5) is 27.1. The maximum absolute atomic E-state index is 13.9. The standard InChI is InChI=1S/C28H26O7/c1-17-12-19(10-11-22(17)31-2)26(29)21(13-18-8-6-5-7-9-18)25(28(30)33-4)20-14-23(32-3)27-24(15-20)34-16-35-27/h5-12,14-15H,13,16H2,1-4H3/b25-21-. The molecular weight excluding hydrogens is 448 g/mol. The number of hydrogen-bond acceptors (Lipinski definition) is 7. The molecule has 0 unspecified atom stereocenters. The first-order valence-corrected chi connectivity index (χ1v) is 11.0. The molecule has 1 heterocycles. The van der Waals surface area contributed by atoms with Crippen LogP contribution in [0.15, 0.2) is 66.2 Å². The number of ether oxygens (including phenoxy) is 5. The van der Waals surface area contributed by atoms with Gasteiger partial charge in [0.15, 0.2) is 17.3 Å². The molecule has 35 heavy (non-hydrogen) atoms. The minimum absolute atomic E-state index is 0.0351. The smallest absolute Gasteiger partial charge is 0.338 e. The van der Waals surface area contributed by atoms with Gasteiger partial charge < -0.3 is 23.7 Å². The molecule has 180 valence electrons. The fraction of sp³-hybridized carbons (Fsp3) is 0.214. The van der Waals surface area contributed by atoms with Gasteiger partial charge in [-0.15, -0.1) is 0 Å². The van der Waals surface area contributed by atoms with Crippen molar-refractivity contribution in [3.05, 3.63) is 88.5 Å². The zero-order valence-corrected chi connectivity index (χ0v) is 20.0. The third-order valence-electron chi connectivity index (χ3n) is 5.79. The van der Waals surface area contributed by atoms with E-state index in [1.54, 1.807) is 37.4 Å². The SMILES string of the molecule is COC(=O)/C(=C(/Cc1ccccc1)C(=O)c1ccc(OC)c(C)c1)c1cc(OC)c2c(c1)OCO2. The van der Waals surface area contributed by atoms with Crippen LogP contribution in [-0.4, -0.2) is 39.9 Å². The van der Waals surface area contributed by atoms with E-state index >= 15 is 0 Å². The summed E-state index contributed by atoms with van der Waals surface area (Å²) in [6.45, 7) is 1.90. The van der Waals surface area contributed by atoms with Gasteiger partial charge in [-0.1, -0.05) is 30.3 Å². The number of allylic oxidation sites excluding steroid dienone is 1. The molecule has 3 aromatic rings. The predicted molar refractivity (Wildman–Crippen MR) is 130 cm³/mol. The first kappa shape index (κ1) is 23.9. The number of ketones is 1. The average Bonchev–Trinajstić information content (AvgIpc) is 3.36. The van der Waals surface area contributed by atoms with Gasteiger partial charge in [-0.2, -0.15) is 0 Å². The molecule has 0 fully saturated rings. The first-order valence-electron chi connectivity index (χ1n) is 11.0. The number of hydrogen-bond donors (Lipinski definition) is 0. The van der Waals surface area contributed by atoms with Crippen LogP contribution in [0.2, 0.25) is 0 Å². The molecule has 0 aromatic heterocycles. The molecule has 0 spiro atoms. The third kappa shape index (κ3) is 4.84. The van der Waals surface area contributed by atoms with Crippen LogP contribution in [0, 0.1) is 6.92 Å². The summed E-state index contributed by atoms with van der Waals surface area (Å²) < 4.78 is 27.0. The molecule has 7 heteroatoms. The summed E-state index contributed by atoms with van der Waals surface area (Å²) in [7, 11) is 4.36. The number of benzene rings is 3. The molecule has 3 aromatic carbocycles. The van der Waals surface area contributed by atoms with Crippen LogP contribution in [-0.2, 0) is 16.0 Å². The van der Waals surface area contributed by atoms with Crippen molar-refractivity contribution >= 4 is 17.3 Å². The van der Waals surface area contributed by atoms with E-state index < -0.39 is 5.97 Å². The highest BCUT2D eigenvalue weighted by atomic mass is 16.7. The van der Waals surface area contributed by atoms with E-state index in [0.717, 1.165) is 11.1 Å². The van der Waals surface area contributed by atoms with Crippen molar-refractivity contribution in [3.63, 3.8) is 0 Å². The Morgan fingerprint density at radius 3 is 2.26 bits per heavy atom. The van der Waals surface area contributed by atoms with E-state index in [-0.39, 0.29) is 30.1 Å². The quantitative estimate of drug-likeness (QED) is 0.264. The van der Waals surface area contributed by atoms with Gasteiger partial charge in [-0.25, -0.2) is 4.79 Å². The molecule has 1 aliphatic heterocycles. The van der Waals surface area contributed by atoms with Gasteiger partial charge in [0.05, 0.1) is 26.9 Å². The molecular formula is C28H26O7. The lowest BCUT2D eigenvalue weighted by Crippen LogP contribution is -2.15. The monoisotopic (exact) mass is 474 g/mol. The van der Waals surface area contributed by atoms with E-state index in [4.69, 9.17) is 23.7 Å². The molecule has 0 aliphatic carbocycles. The number of rotatable bonds is 8. The van der Waals surface area contributed by atoms with Crippen molar-refractivity contribution in [1.82, 2.24) is 0 Å². The van der Waals surface area contributed by atoms with Crippen LogP contribution < -0.4 is 18.9 Å². The maximum Gasteiger partial charge on any atom is 0.338 e. The van der Waals surface area contributed by atoms with E-state index in [1.807, 2.05) is 37.3 Å². The Labute approximate surface area is 203 Å². The number of esters is 1. The fourth-order valence-electron chi connectivity index (χ4n) is 4.07. The lowest BCUT2D eigenvalue weighted by atomic mass is 9.88. The molecule has 7 nitrogen and oxygen atoms in total. The molecule has 4 rings (SSSR count). The molecule has 0 atom stereocenters. The van der Waals surface area contributed by atoms with Crippen molar-refractivity contribution in [2.24, 2.45) is 0 Å². The highest BCUT2D eigenvalue weighted by Gasteiger charge is 2.29. The first-order chi connectivity index (χ1) is 17.0. The summed E-state index contributed by atoms with van der Waals surface area (Å²) in [5, 5.41) is 0. The molecule has 0 N–H and O–H groups in total. The Morgan fingerprint density at radius 2 is 1.60 bits per heavy atom. The largest absolute Gasteiger partial charge is 0.496 e. The van der Waals surface area contributed by atoms with E-state index in [1.165, 1.54) is 14.2 Å². The van der Waals surface area contributed by atoms with Crippen LogP contribution >= 0.6 is 0 Å². The van der Waals surface area contributed by atoms with Gasteiger partial charge in [0, 0.05) is 17.6 Å². The predicted octanol–water partition coefficient (Wildman–Crippen LogP) is 4.79. The van der Waals surface area contributed by atoms with Crippen molar-refractivity contribution < 1.29 is 33.3 Å². The second-order valence-corrected chi connectivity index (χ2v) is 7.93. The van der Waals surface area contributed by atoms with Gasteiger partial charge >= 0.3 is 5.97 Å². The van der Waals surface area contributed by atoms with Crippen molar-refractivity contribution in [3.8, 4) is 23.0 Å². The van der Waals surface area contributed by atoms with Gasteiger partial charge in [0.1, 0.15) is 5.75 Å². The second-order valence-electron chi connectivity index (χ2n) is 7.93. The number of Topliss-reactive ketones (excluding diaryl/α,β-unsaturated/α-hetero) is 1. The Morgan fingerprint density at radius 1 is 0.857 bits per heavy atom. The number of aryl methyl sites for hydroxylation is 1. The second kappa shape index (κ2) is 10.3. The minimum atomic E-state index is -0.643. The number of carbonyl (C=O) groups is 2. The Hall–Kier alpha value is -4.26. The van der Waals surface area contributed by atoms with Gasteiger partial charge in [0.2, 0.25) is 12.5 Å². The normalized spacial score (nSPS) is 12.6. The van der Waals surface area contributed by atoms with Crippen LogP contribution in [0.5, 0.6) is 23.0 Å². The summed E-state index contributed by atoms with van der Waals surface area (Å²) in [6.07, 6.45) is 0.214. The lowest BCUT2D eigenvalue weighted by molar-refractivity contribution is -0.133. The summed E-state index contributed by atoms with van der Waals surface area (Å²) in [5.74, 6) is 0.994. The molecule has 0 saturated heterocycles. The molecule has 0 saturated carbocycles. The summed E-state index contributed by atoms with van der Waals surface area (Å²) in [5.41, 5.74) is 2.96. The number of fused-ring (bicyclic) bond motifs is 1. The highest BCUT2D eigenvalue weighted by molar-refractivity contribution is 6.27. The molecule has 0 radical (unpaired) electrons. The van der Waals surface area contributed by atoms with E-state index in [2.05, 4.69) is 0 Å². The van der Waals surface area contributed by atoms with Crippen LogP contribution in [0.3, 0.4) is 0 Å². The zero-order valence-electron chi connectivity index (χ0n) is 20.0.